The summed E-state index contributed by atoms with van der Waals surface area (Å²) < 4.78 is 18.9. The number of halogens is 2. The van der Waals surface area contributed by atoms with Crippen molar-refractivity contribution in [3.05, 3.63) is 34.1 Å². The molecular formula is C15H18BrFN2O4. The quantitative estimate of drug-likeness (QED) is 0.721. The van der Waals surface area contributed by atoms with Gasteiger partial charge in [0.25, 0.3) is 5.91 Å². The molecule has 0 aliphatic rings. The minimum absolute atomic E-state index is 0.136. The van der Waals surface area contributed by atoms with Crippen molar-refractivity contribution >= 4 is 33.7 Å². The van der Waals surface area contributed by atoms with Gasteiger partial charge in [0.1, 0.15) is 5.82 Å². The molecule has 0 atom stereocenters. The lowest BCUT2D eigenvalue weighted by Crippen LogP contribution is -2.40. The van der Waals surface area contributed by atoms with Gasteiger partial charge in [0.2, 0.25) is 5.91 Å². The number of ether oxygens (including phenoxy) is 1. The number of nitrogens with one attached hydrogen (secondary N) is 1. The summed E-state index contributed by atoms with van der Waals surface area (Å²) >= 11 is 3.08. The van der Waals surface area contributed by atoms with Crippen LogP contribution in [0, 0.1) is 5.82 Å². The van der Waals surface area contributed by atoms with Crippen LogP contribution in [0.15, 0.2) is 22.7 Å². The van der Waals surface area contributed by atoms with E-state index >= 15 is 0 Å². The van der Waals surface area contributed by atoms with Gasteiger partial charge in [-0.05, 0) is 24.6 Å². The average molecular weight is 389 g/mol. The zero-order valence-corrected chi connectivity index (χ0v) is 14.5. The predicted molar refractivity (Wildman–Crippen MR) is 85.3 cm³/mol. The summed E-state index contributed by atoms with van der Waals surface area (Å²) in [4.78, 5) is 36.2. The molecule has 0 fully saturated rings. The van der Waals surface area contributed by atoms with E-state index < -0.39 is 24.3 Å². The van der Waals surface area contributed by atoms with Crippen LogP contribution in [0.5, 0.6) is 0 Å². The van der Waals surface area contributed by atoms with Gasteiger partial charge in [-0.3, -0.25) is 9.59 Å². The molecule has 0 radical (unpaired) electrons. The number of hydrogen-bond donors (Lipinski definition) is 1. The lowest BCUT2D eigenvalue weighted by atomic mass is 10.2. The second kappa shape index (κ2) is 9.24. The number of carbonyl (C=O) groups is 3. The maximum atomic E-state index is 13.6. The van der Waals surface area contributed by atoms with E-state index in [1.54, 1.807) is 0 Å². The number of amides is 2. The van der Waals surface area contributed by atoms with Crippen LogP contribution in [0.3, 0.4) is 0 Å². The molecule has 0 unspecified atom stereocenters. The van der Waals surface area contributed by atoms with E-state index in [-0.39, 0.29) is 18.0 Å². The first kappa shape index (κ1) is 19.1. The summed E-state index contributed by atoms with van der Waals surface area (Å²) in [5, 5.41) is 2.63. The molecule has 0 saturated heterocycles. The molecule has 1 aromatic carbocycles. The normalized spacial score (nSPS) is 10.1. The highest BCUT2D eigenvalue weighted by atomic mass is 79.9. The van der Waals surface area contributed by atoms with E-state index in [1.165, 1.54) is 19.2 Å². The molecule has 1 N–H and O–H groups in total. The Morgan fingerprint density at radius 3 is 2.65 bits per heavy atom. The van der Waals surface area contributed by atoms with E-state index in [2.05, 4.69) is 21.2 Å². The summed E-state index contributed by atoms with van der Waals surface area (Å²) in [5.74, 6) is -2.54. The SMILES string of the molecule is CCCNC(=O)CN(C)C(=O)COC(=O)c1ccc(Br)cc1F. The second-order valence-corrected chi connectivity index (χ2v) is 5.72. The van der Waals surface area contributed by atoms with Gasteiger partial charge in [-0.1, -0.05) is 22.9 Å². The van der Waals surface area contributed by atoms with E-state index in [0.717, 1.165) is 17.4 Å². The van der Waals surface area contributed by atoms with Crippen LogP contribution in [-0.2, 0) is 14.3 Å². The van der Waals surface area contributed by atoms with Crippen LogP contribution in [0.1, 0.15) is 23.7 Å². The summed E-state index contributed by atoms with van der Waals surface area (Å²) in [5.41, 5.74) is -0.260. The third kappa shape index (κ3) is 6.35. The van der Waals surface area contributed by atoms with Gasteiger partial charge in [0.05, 0.1) is 12.1 Å². The lowest BCUT2D eigenvalue weighted by molar-refractivity contribution is -0.137. The van der Waals surface area contributed by atoms with Crippen LogP contribution in [-0.4, -0.2) is 49.4 Å². The topological polar surface area (TPSA) is 75.7 Å². The Morgan fingerprint density at radius 1 is 1.35 bits per heavy atom. The Hall–Kier alpha value is -1.96. The lowest BCUT2D eigenvalue weighted by Gasteiger charge is -2.16. The minimum atomic E-state index is -0.938. The molecule has 0 aliphatic heterocycles. The molecule has 1 aromatic rings. The third-order valence-corrected chi connectivity index (χ3v) is 3.35. The number of nitrogens with zero attached hydrogens (tertiary/aromatic N) is 1. The van der Waals surface area contributed by atoms with Crippen molar-refractivity contribution in [3.8, 4) is 0 Å². The summed E-state index contributed by atoms with van der Waals surface area (Å²) in [6.07, 6.45) is 0.791. The smallest absolute Gasteiger partial charge is 0.341 e. The fourth-order valence-corrected chi connectivity index (χ4v) is 1.93. The number of carbonyl (C=O) groups excluding carboxylic acids is 3. The maximum absolute atomic E-state index is 13.6. The van der Waals surface area contributed by atoms with Gasteiger partial charge in [0, 0.05) is 18.1 Å². The number of esters is 1. The first-order valence-electron chi connectivity index (χ1n) is 6.98. The van der Waals surface area contributed by atoms with Gasteiger partial charge in [-0.25, -0.2) is 9.18 Å². The zero-order chi connectivity index (χ0) is 17.4. The van der Waals surface area contributed by atoms with Crippen molar-refractivity contribution < 1.29 is 23.5 Å². The Bertz CT molecular complexity index is 595. The van der Waals surface area contributed by atoms with Crippen LogP contribution >= 0.6 is 15.9 Å². The fraction of sp³-hybridized carbons (Fsp3) is 0.400. The van der Waals surface area contributed by atoms with Crippen molar-refractivity contribution in [2.24, 2.45) is 0 Å². The Kier molecular flexibility index (Phi) is 7.67. The molecule has 23 heavy (non-hydrogen) atoms. The highest BCUT2D eigenvalue weighted by Gasteiger charge is 2.18. The number of likely N-dealkylation sites (N-methyl/N-ethyl adjacent to an activating group) is 1. The van der Waals surface area contributed by atoms with Crippen molar-refractivity contribution in [1.82, 2.24) is 10.2 Å². The Balaban J connectivity index is 2.48. The van der Waals surface area contributed by atoms with Crippen LogP contribution in [0.4, 0.5) is 4.39 Å². The monoisotopic (exact) mass is 388 g/mol. The molecule has 0 bridgehead atoms. The first-order valence-corrected chi connectivity index (χ1v) is 7.77. The van der Waals surface area contributed by atoms with E-state index in [0.29, 0.717) is 11.0 Å². The van der Waals surface area contributed by atoms with Crippen LogP contribution in [0.25, 0.3) is 0 Å². The first-order chi connectivity index (χ1) is 10.8. The molecule has 8 heteroatoms. The molecule has 126 valence electrons. The average Bonchev–Trinajstić information content (AvgIpc) is 2.50. The van der Waals surface area contributed by atoms with E-state index in [1.807, 2.05) is 6.92 Å². The standard InChI is InChI=1S/C15H18BrFN2O4/c1-3-6-18-13(20)8-19(2)14(21)9-23-15(22)11-5-4-10(16)7-12(11)17/h4-5,7H,3,6,8-9H2,1-2H3,(H,18,20). The molecule has 0 saturated carbocycles. The molecule has 2 amide bonds. The van der Waals surface area contributed by atoms with Crippen molar-refractivity contribution in [2.45, 2.75) is 13.3 Å². The van der Waals surface area contributed by atoms with Crippen LogP contribution in [0.2, 0.25) is 0 Å². The maximum Gasteiger partial charge on any atom is 0.341 e. The predicted octanol–water partition coefficient (Wildman–Crippen LogP) is 1.73. The van der Waals surface area contributed by atoms with Gasteiger partial charge >= 0.3 is 5.97 Å². The molecule has 0 heterocycles. The molecule has 6 nitrogen and oxygen atoms in total. The molecule has 0 aromatic heterocycles. The summed E-state index contributed by atoms with van der Waals surface area (Å²) in [7, 11) is 1.42. The van der Waals surface area contributed by atoms with Crippen molar-refractivity contribution in [1.29, 1.82) is 0 Å². The third-order valence-electron chi connectivity index (χ3n) is 2.86. The molecule has 0 spiro atoms. The second-order valence-electron chi connectivity index (χ2n) is 4.80. The summed E-state index contributed by atoms with van der Waals surface area (Å²) in [6, 6.07) is 3.88. The minimum Gasteiger partial charge on any atom is -0.452 e. The number of hydrogen-bond acceptors (Lipinski definition) is 4. The fourth-order valence-electron chi connectivity index (χ4n) is 1.59. The highest BCUT2D eigenvalue weighted by molar-refractivity contribution is 9.10. The molecule has 1 rings (SSSR count). The molecular weight excluding hydrogens is 371 g/mol. The van der Waals surface area contributed by atoms with Gasteiger partial charge in [-0.15, -0.1) is 0 Å². The van der Waals surface area contributed by atoms with Gasteiger partial charge in [0.15, 0.2) is 6.61 Å². The largest absolute Gasteiger partial charge is 0.452 e. The van der Waals surface area contributed by atoms with Crippen molar-refractivity contribution in [2.75, 3.05) is 26.7 Å². The Morgan fingerprint density at radius 2 is 2.04 bits per heavy atom. The highest BCUT2D eigenvalue weighted by Crippen LogP contribution is 2.16. The van der Waals surface area contributed by atoms with Gasteiger partial charge in [-0.2, -0.15) is 0 Å². The summed E-state index contributed by atoms with van der Waals surface area (Å²) in [6.45, 7) is 1.74. The van der Waals surface area contributed by atoms with Crippen molar-refractivity contribution in [3.63, 3.8) is 0 Å². The molecule has 0 aliphatic carbocycles. The number of rotatable bonds is 7. The number of benzene rings is 1. The van der Waals surface area contributed by atoms with Crippen LogP contribution < -0.4 is 5.32 Å². The van der Waals surface area contributed by atoms with Gasteiger partial charge < -0.3 is 15.0 Å². The zero-order valence-electron chi connectivity index (χ0n) is 12.9. The van der Waals surface area contributed by atoms with E-state index in [9.17, 15) is 18.8 Å². The Labute approximate surface area is 142 Å². The van der Waals surface area contributed by atoms with E-state index in [4.69, 9.17) is 4.74 Å².